The summed E-state index contributed by atoms with van der Waals surface area (Å²) in [4.78, 5) is 88.5. The van der Waals surface area contributed by atoms with Crippen LogP contribution in [-0.2, 0) is 44.8 Å². The van der Waals surface area contributed by atoms with Crippen molar-refractivity contribution in [1.29, 1.82) is 0 Å². The highest BCUT2D eigenvalue weighted by Gasteiger charge is 2.40. The number of carbonyl (C=O) groups excluding carboxylic acids is 6. The molecule has 1 fully saturated rings. The number of likely N-dealkylation sites (tertiary alicyclic amines) is 1. The van der Waals surface area contributed by atoms with Crippen LogP contribution in [0.1, 0.15) is 93.1 Å². The third kappa shape index (κ3) is 14.8. The predicted molar refractivity (Wildman–Crippen MR) is 196 cm³/mol. The van der Waals surface area contributed by atoms with Gasteiger partial charge in [-0.05, 0) is 64.2 Å². The summed E-state index contributed by atoms with van der Waals surface area (Å²) in [5, 5.41) is 19.4. The summed E-state index contributed by atoms with van der Waals surface area (Å²) in [7, 11) is 0. The van der Waals surface area contributed by atoms with E-state index in [1.165, 1.54) is 23.6 Å². The molecule has 0 aromatic heterocycles. The number of carboxylic acid groups (broad SMARTS) is 1. The maximum absolute atomic E-state index is 13.1. The van der Waals surface area contributed by atoms with Crippen LogP contribution in [-0.4, -0.2) is 99.0 Å². The van der Waals surface area contributed by atoms with E-state index < -0.39 is 52.9 Å². The fourth-order valence-electron chi connectivity index (χ4n) is 5.28. The summed E-state index contributed by atoms with van der Waals surface area (Å²) < 4.78 is 10.4. The summed E-state index contributed by atoms with van der Waals surface area (Å²) in [6.07, 6.45) is -0.0977. The lowest BCUT2D eigenvalue weighted by atomic mass is 10.0. The van der Waals surface area contributed by atoms with Crippen molar-refractivity contribution in [1.82, 2.24) is 20.9 Å². The summed E-state index contributed by atoms with van der Waals surface area (Å²) in [6, 6.07) is 4.49. The second-order valence-electron chi connectivity index (χ2n) is 13.9. The largest absolute Gasteiger partial charge is 0.506 e. The quantitative estimate of drug-likeness (QED) is 0.0906. The Balaban J connectivity index is 1.79. The molecule has 0 aliphatic carbocycles. The van der Waals surface area contributed by atoms with E-state index in [4.69, 9.17) is 9.84 Å². The number of anilines is 1. The number of nitrogens with zero attached hydrogens (tertiary/aromatic N) is 1. The molecule has 0 saturated carbocycles. The minimum absolute atomic E-state index is 0.00654. The van der Waals surface area contributed by atoms with Gasteiger partial charge < -0.3 is 35.8 Å². The Bertz CT molecular complexity index is 1420. The Hall–Kier alpha value is -4.18. The van der Waals surface area contributed by atoms with E-state index in [1.54, 1.807) is 58.9 Å². The molecule has 290 valence electrons. The zero-order valence-electron chi connectivity index (χ0n) is 31.4. The van der Waals surface area contributed by atoms with Crippen LogP contribution in [0, 0.1) is 5.92 Å². The van der Waals surface area contributed by atoms with Crippen molar-refractivity contribution >= 4 is 59.0 Å². The van der Waals surface area contributed by atoms with Crippen molar-refractivity contribution in [3.05, 3.63) is 29.8 Å². The number of nitrogens with one attached hydrogen (secondary N) is 4. The van der Waals surface area contributed by atoms with Gasteiger partial charge in [0.1, 0.15) is 18.7 Å². The van der Waals surface area contributed by atoms with Crippen LogP contribution in [0.4, 0.5) is 10.5 Å². The molecule has 6 amide bonds. The highest BCUT2D eigenvalue weighted by molar-refractivity contribution is 8.01. The van der Waals surface area contributed by atoms with Crippen LogP contribution in [0.15, 0.2) is 24.3 Å². The summed E-state index contributed by atoms with van der Waals surface area (Å²) >= 11 is 1.53. The second kappa shape index (κ2) is 20.8. The Morgan fingerprint density at radius 2 is 1.60 bits per heavy atom. The molecule has 1 heterocycles. The van der Waals surface area contributed by atoms with Gasteiger partial charge in [0.05, 0.1) is 29.9 Å². The standard InChI is InChI=1S/C36H55N5O10S/c1-9-26(10-2)52-27-18-30(44)41(34(27)47)16-15-28(42)40-36(7,8)20-51-22(5)17-29(43)39-31(21(3)4)33(46)37-23(6)32(45)38-25-13-11-24(12-14-25)19-50-35(48)49/h11-14,21-23,26-27,31H,9-10,15-20H2,1-8H3,(H,37,46)(H,38,45)(H,39,43)(H,40,42)(H,48,49). The number of amides is 6. The lowest BCUT2D eigenvalue weighted by Crippen LogP contribution is -2.54. The maximum Gasteiger partial charge on any atom is 0.506 e. The summed E-state index contributed by atoms with van der Waals surface area (Å²) in [5.41, 5.74) is 0.212. The normalized spacial score (nSPS) is 16.3. The number of ether oxygens (including phenoxy) is 2. The minimum atomic E-state index is -1.39. The van der Waals surface area contributed by atoms with E-state index in [9.17, 15) is 33.6 Å². The first-order valence-electron chi connectivity index (χ1n) is 17.6. The van der Waals surface area contributed by atoms with Crippen LogP contribution in [0.5, 0.6) is 0 Å². The topological polar surface area (TPSA) is 210 Å². The van der Waals surface area contributed by atoms with Gasteiger partial charge in [0, 0.05) is 30.3 Å². The molecule has 1 aromatic carbocycles. The fourth-order valence-corrected chi connectivity index (χ4v) is 6.62. The van der Waals surface area contributed by atoms with Gasteiger partial charge in [0.25, 0.3) is 0 Å². The van der Waals surface area contributed by atoms with Gasteiger partial charge in [-0.3, -0.25) is 33.7 Å². The van der Waals surface area contributed by atoms with Crippen LogP contribution >= 0.6 is 11.8 Å². The first-order valence-corrected chi connectivity index (χ1v) is 18.6. The van der Waals surface area contributed by atoms with Crippen LogP contribution in [0.25, 0.3) is 0 Å². The van der Waals surface area contributed by atoms with Gasteiger partial charge >= 0.3 is 6.16 Å². The zero-order valence-corrected chi connectivity index (χ0v) is 32.2. The van der Waals surface area contributed by atoms with Crippen molar-refractivity contribution in [3.63, 3.8) is 0 Å². The molecular weight excluding hydrogens is 694 g/mol. The Morgan fingerprint density at radius 3 is 2.17 bits per heavy atom. The zero-order chi connectivity index (χ0) is 39.2. The van der Waals surface area contributed by atoms with Gasteiger partial charge in [-0.1, -0.05) is 39.8 Å². The molecular formula is C36H55N5O10S. The third-order valence-corrected chi connectivity index (χ3v) is 10.1. The molecule has 15 nitrogen and oxygen atoms in total. The Kier molecular flexibility index (Phi) is 17.6. The molecule has 4 unspecified atom stereocenters. The van der Waals surface area contributed by atoms with Gasteiger partial charge in [-0.2, -0.15) is 0 Å². The number of thioether (sulfide) groups is 1. The van der Waals surface area contributed by atoms with Crippen LogP contribution in [0.2, 0.25) is 0 Å². The van der Waals surface area contributed by atoms with Gasteiger partial charge in [0.15, 0.2) is 0 Å². The number of benzene rings is 1. The fraction of sp³-hybridized carbons (Fsp3) is 0.639. The lowest BCUT2D eigenvalue weighted by molar-refractivity contribution is -0.139. The highest BCUT2D eigenvalue weighted by atomic mass is 32.2. The van der Waals surface area contributed by atoms with E-state index in [2.05, 4.69) is 39.9 Å². The van der Waals surface area contributed by atoms with E-state index >= 15 is 0 Å². The highest BCUT2D eigenvalue weighted by Crippen LogP contribution is 2.31. The van der Waals surface area contributed by atoms with Crippen molar-refractivity contribution in [2.24, 2.45) is 5.92 Å². The Labute approximate surface area is 310 Å². The smallest absolute Gasteiger partial charge is 0.450 e. The van der Waals surface area contributed by atoms with Gasteiger partial charge in [-0.25, -0.2) is 4.79 Å². The average molecular weight is 750 g/mol. The third-order valence-electron chi connectivity index (χ3n) is 8.31. The maximum atomic E-state index is 13.1. The molecule has 1 aliphatic heterocycles. The molecule has 2 rings (SSSR count). The van der Waals surface area contributed by atoms with Gasteiger partial charge in [0.2, 0.25) is 35.4 Å². The predicted octanol–water partition coefficient (Wildman–Crippen LogP) is 3.59. The number of rotatable bonds is 21. The first-order chi connectivity index (χ1) is 24.3. The molecule has 1 aliphatic rings. The number of carbonyl (C=O) groups is 7. The molecule has 4 atom stereocenters. The first kappa shape index (κ1) is 44.0. The molecule has 0 spiro atoms. The molecule has 1 aromatic rings. The molecule has 16 heteroatoms. The molecule has 0 radical (unpaired) electrons. The van der Waals surface area contributed by atoms with Crippen LogP contribution < -0.4 is 21.3 Å². The lowest BCUT2D eigenvalue weighted by Gasteiger charge is -2.28. The number of hydrogen-bond acceptors (Lipinski definition) is 10. The van der Waals surface area contributed by atoms with Gasteiger partial charge in [-0.15, -0.1) is 11.8 Å². The van der Waals surface area contributed by atoms with Crippen molar-refractivity contribution < 1.29 is 48.1 Å². The molecule has 5 N–H and O–H groups in total. The number of imide groups is 1. The second-order valence-corrected chi connectivity index (χ2v) is 15.4. The SMILES string of the molecule is CCC(CC)SC1CC(=O)N(CCC(=O)NC(C)(C)COC(C)CC(=O)NC(C(=O)NC(C)C(=O)Nc2ccc(COC(=O)O)cc2)C(C)C)C1=O. The molecule has 52 heavy (non-hydrogen) atoms. The molecule has 1 saturated heterocycles. The average Bonchev–Trinajstić information content (AvgIpc) is 3.34. The Morgan fingerprint density at radius 1 is 0.962 bits per heavy atom. The van der Waals surface area contributed by atoms with Crippen molar-refractivity contribution in [2.45, 2.75) is 128 Å². The van der Waals surface area contributed by atoms with Crippen molar-refractivity contribution in [3.8, 4) is 0 Å². The van der Waals surface area contributed by atoms with Crippen LogP contribution in [0.3, 0.4) is 0 Å². The summed E-state index contributed by atoms with van der Waals surface area (Å²) in [5.74, 6) is -2.62. The van der Waals surface area contributed by atoms with E-state index in [1.807, 2.05) is 0 Å². The number of hydrogen-bond donors (Lipinski definition) is 5. The minimum Gasteiger partial charge on any atom is -0.450 e. The monoisotopic (exact) mass is 749 g/mol. The van der Waals surface area contributed by atoms with E-state index in [0.717, 1.165) is 12.8 Å². The van der Waals surface area contributed by atoms with E-state index in [0.29, 0.717) is 16.5 Å². The van der Waals surface area contributed by atoms with E-state index in [-0.39, 0.29) is 62.7 Å². The summed E-state index contributed by atoms with van der Waals surface area (Å²) in [6.45, 7) is 14.3. The van der Waals surface area contributed by atoms with Crippen molar-refractivity contribution in [2.75, 3.05) is 18.5 Å². The molecule has 0 bridgehead atoms.